The van der Waals surface area contributed by atoms with Crippen LogP contribution in [-0.4, -0.2) is 16.1 Å². The third-order valence-corrected chi connectivity index (χ3v) is 3.40. The molecule has 0 aliphatic heterocycles. The Morgan fingerprint density at radius 2 is 1.95 bits per heavy atom. The van der Waals surface area contributed by atoms with Crippen LogP contribution >= 0.6 is 0 Å². The Balaban J connectivity index is 2.02. The maximum atomic E-state index is 11.7. The molecule has 1 aromatic rings. The zero-order chi connectivity index (χ0) is 13.9. The SMILES string of the molecule is CCCCCCCCCC(=O)NC(C)c1cn[nH]c1. The van der Waals surface area contributed by atoms with Crippen LogP contribution in [0.1, 0.15) is 76.8 Å². The largest absolute Gasteiger partial charge is 0.349 e. The molecule has 1 rings (SSSR count). The molecule has 19 heavy (non-hydrogen) atoms. The van der Waals surface area contributed by atoms with Crippen molar-refractivity contribution < 1.29 is 4.79 Å². The molecule has 0 bridgehead atoms. The molecule has 0 saturated carbocycles. The molecule has 2 N–H and O–H groups in total. The van der Waals surface area contributed by atoms with Gasteiger partial charge in [0.1, 0.15) is 0 Å². The van der Waals surface area contributed by atoms with Gasteiger partial charge in [-0.25, -0.2) is 0 Å². The smallest absolute Gasteiger partial charge is 0.220 e. The van der Waals surface area contributed by atoms with Crippen molar-refractivity contribution in [1.29, 1.82) is 0 Å². The first kappa shape index (κ1) is 15.7. The van der Waals surface area contributed by atoms with E-state index in [9.17, 15) is 4.79 Å². The second kappa shape index (κ2) is 9.59. The minimum absolute atomic E-state index is 0.0378. The van der Waals surface area contributed by atoms with Crippen LogP contribution in [0.15, 0.2) is 12.4 Å². The van der Waals surface area contributed by atoms with Crippen molar-refractivity contribution in [1.82, 2.24) is 15.5 Å². The Morgan fingerprint density at radius 1 is 1.26 bits per heavy atom. The summed E-state index contributed by atoms with van der Waals surface area (Å²) < 4.78 is 0. The van der Waals surface area contributed by atoms with Gasteiger partial charge in [-0.3, -0.25) is 9.89 Å². The van der Waals surface area contributed by atoms with Crippen LogP contribution in [0.4, 0.5) is 0 Å². The summed E-state index contributed by atoms with van der Waals surface area (Å²) in [5.74, 6) is 0.141. The highest BCUT2D eigenvalue weighted by atomic mass is 16.1. The quantitative estimate of drug-likeness (QED) is 0.633. The fraction of sp³-hybridized carbons (Fsp3) is 0.733. The van der Waals surface area contributed by atoms with Gasteiger partial charge >= 0.3 is 0 Å². The summed E-state index contributed by atoms with van der Waals surface area (Å²) in [7, 11) is 0. The van der Waals surface area contributed by atoms with Crippen LogP contribution in [0.3, 0.4) is 0 Å². The zero-order valence-electron chi connectivity index (χ0n) is 12.2. The van der Waals surface area contributed by atoms with Crippen molar-refractivity contribution in [2.75, 3.05) is 0 Å². The number of hydrogen-bond acceptors (Lipinski definition) is 2. The first-order chi connectivity index (χ1) is 9.24. The molecule has 1 atom stereocenters. The van der Waals surface area contributed by atoms with Gasteiger partial charge in [0.05, 0.1) is 12.2 Å². The molecule has 1 amide bonds. The van der Waals surface area contributed by atoms with Crippen molar-refractivity contribution in [2.24, 2.45) is 0 Å². The molecule has 0 radical (unpaired) electrons. The number of rotatable bonds is 10. The van der Waals surface area contributed by atoms with Gasteiger partial charge in [-0.15, -0.1) is 0 Å². The lowest BCUT2D eigenvalue weighted by Crippen LogP contribution is -2.26. The number of amides is 1. The van der Waals surface area contributed by atoms with Gasteiger partial charge in [-0.05, 0) is 13.3 Å². The monoisotopic (exact) mass is 265 g/mol. The van der Waals surface area contributed by atoms with E-state index in [0.717, 1.165) is 18.4 Å². The summed E-state index contributed by atoms with van der Waals surface area (Å²) in [6.45, 7) is 4.21. The second-order valence-electron chi connectivity index (χ2n) is 5.19. The molecule has 1 heterocycles. The molecule has 1 aromatic heterocycles. The summed E-state index contributed by atoms with van der Waals surface area (Å²) in [6, 6.07) is 0.0378. The average molecular weight is 265 g/mol. The molecular formula is C15H27N3O. The van der Waals surface area contributed by atoms with E-state index in [4.69, 9.17) is 0 Å². The van der Waals surface area contributed by atoms with Crippen LogP contribution in [0.5, 0.6) is 0 Å². The van der Waals surface area contributed by atoms with E-state index in [1.54, 1.807) is 6.20 Å². The predicted octanol–water partition coefficient (Wildman–Crippen LogP) is 3.73. The number of nitrogens with zero attached hydrogens (tertiary/aromatic N) is 1. The number of carbonyl (C=O) groups is 1. The normalized spacial score (nSPS) is 12.3. The zero-order valence-corrected chi connectivity index (χ0v) is 12.2. The highest BCUT2D eigenvalue weighted by Gasteiger charge is 2.09. The predicted molar refractivity (Wildman–Crippen MR) is 77.8 cm³/mol. The molecule has 0 aromatic carbocycles. The first-order valence-corrected chi connectivity index (χ1v) is 7.52. The lowest BCUT2D eigenvalue weighted by Gasteiger charge is -2.11. The minimum Gasteiger partial charge on any atom is -0.349 e. The second-order valence-corrected chi connectivity index (χ2v) is 5.19. The third-order valence-electron chi connectivity index (χ3n) is 3.40. The number of nitrogens with one attached hydrogen (secondary N) is 2. The lowest BCUT2D eigenvalue weighted by molar-refractivity contribution is -0.121. The van der Waals surface area contributed by atoms with E-state index in [0.29, 0.717) is 6.42 Å². The fourth-order valence-electron chi connectivity index (χ4n) is 2.14. The number of unbranched alkanes of at least 4 members (excludes halogenated alkanes) is 6. The molecule has 108 valence electrons. The van der Waals surface area contributed by atoms with Crippen molar-refractivity contribution in [3.8, 4) is 0 Å². The summed E-state index contributed by atoms with van der Waals surface area (Å²) in [5.41, 5.74) is 1.02. The number of hydrogen-bond donors (Lipinski definition) is 2. The Morgan fingerprint density at radius 3 is 2.58 bits per heavy atom. The van der Waals surface area contributed by atoms with E-state index in [1.807, 2.05) is 13.1 Å². The highest BCUT2D eigenvalue weighted by Crippen LogP contribution is 2.11. The van der Waals surface area contributed by atoms with Crippen LogP contribution in [-0.2, 0) is 4.79 Å². The molecule has 1 unspecified atom stereocenters. The molecule has 0 fully saturated rings. The van der Waals surface area contributed by atoms with Crippen molar-refractivity contribution in [3.63, 3.8) is 0 Å². The molecule has 0 spiro atoms. The van der Waals surface area contributed by atoms with Crippen LogP contribution in [0.2, 0.25) is 0 Å². The van der Waals surface area contributed by atoms with Gasteiger partial charge in [-0.1, -0.05) is 45.4 Å². The van der Waals surface area contributed by atoms with E-state index in [2.05, 4.69) is 22.4 Å². The number of H-pyrrole nitrogens is 1. The van der Waals surface area contributed by atoms with Crippen LogP contribution < -0.4 is 5.32 Å². The van der Waals surface area contributed by atoms with E-state index < -0.39 is 0 Å². The summed E-state index contributed by atoms with van der Waals surface area (Å²) in [5, 5.41) is 9.64. The van der Waals surface area contributed by atoms with Crippen LogP contribution in [0.25, 0.3) is 0 Å². The van der Waals surface area contributed by atoms with Gasteiger partial charge < -0.3 is 5.32 Å². The molecule has 4 nitrogen and oxygen atoms in total. The Labute approximate surface area is 116 Å². The third kappa shape index (κ3) is 6.99. The Bertz CT molecular complexity index is 335. The fourth-order valence-corrected chi connectivity index (χ4v) is 2.14. The summed E-state index contributed by atoms with van der Waals surface area (Å²) >= 11 is 0. The molecule has 0 aliphatic rings. The van der Waals surface area contributed by atoms with Crippen molar-refractivity contribution in [3.05, 3.63) is 18.0 Å². The van der Waals surface area contributed by atoms with Gasteiger partial charge in [0, 0.05) is 18.2 Å². The van der Waals surface area contributed by atoms with Gasteiger partial charge in [0.15, 0.2) is 0 Å². The van der Waals surface area contributed by atoms with Crippen molar-refractivity contribution in [2.45, 2.75) is 71.3 Å². The number of carbonyl (C=O) groups excluding carboxylic acids is 1. The Hall–Kier alpha value is -1.32. The molecule has 4 heteroatoms. The molecule has 0 aliphatic carbocycles. The minimum atomic E-state index is 0.0378. The summed E-state index contributed by atoms with van der Waals surface area (Å²) in [6.07, 6.45) is 12.9. The maximum absolute atomic E-state index is 11.7. The standard InChI is InChI=1S/C15H27N3O/c1-3-4-5-6-7-8-9-10-15(19)18-13(2)14-11-16-17-12-14/h11-13H,3-10H2,1-2H3,(H,16,17)(H,18,19). The maximum Gasteiger partial charge on any atom is 0.220 e. The number of aromatic nitrogens is 2. The van der Waals surface area contributed by atoms with Crippen LogP contribution in [0, 0.1) is 0 Å². The van der Waals surface area contributed by atoms with Gasteiger partial charge in [-0.2, -0.15) is 5.10 Å². The molecular weight excluding hydrogens is 238 g/mol. The van der Waals surface area contributed by atoms with Gasteiger partial charge in [0.25, 0.3) is 0 Å². The van der Waals surface area contributed by atoms with Gasteiger partial charge in [0.2, 0.25) is 5.91 Å². The lowest BCUT2D eigenvalue weighted by atomic mass is 10.1. The van der Waals surface area contributed by atoms with E-state index in [-0.39, 0.29) is 11.9 Å². The topological polar surface area (TPSA) is 57.8 Å². The van der Waals surface area contributed by atoms with E-state index in [1.165, 1.54) is 32.1 Å². The van der Waals surface area contributed by atoms with Crippen molar-refractivity contribution >= 4 is 5.91 Å². The average Bonchev–Trinajstić information content (AvgIpc) is 2.91. The van der Waals surface area contributed by atoms with E-state index >= 15 is 0 Å². The number of aromatic amines is 1. The first-order valence-electron chi connectivity index (χ1n) is 7.52. The highest BCUT2D eigenvalue weighted by molar-refractivity contribution is 5.76. The summed E-state index contributed by atoms with van der Waals surface area (Å²) in [4.78, 5) is 11.7. The Kier molecular flexibility index (Phi) is 7.94. The molecule has 0 saturated heterocycles.